The highest BCUT2D eigenvalue weighted by molar-refractivity contribution is 5.99. The molecule has 19 heavy (non-hydrogen) atoms. The lowest BCUT2D eigenvalue weighted by Crippen LogP contribution is -2.41. The van der Waals surface area contributed by atoms with E-state index in [4.69, 9.17) is 10.9 Å². The molecule has 0 bridgehead atoms. The summed E-state index contributed by atoms with van der Waals surface area (Å²) < 4.78 is 0. The molecule has 104 valence electrons. The minimum atomic E-state index is -0.0818. The lowest BCUT2D eigenvalue weighted by atomic mass is 10.2. The van der Waals surface area contributed by atoms with Crippen molar-refractivity contribution in [3.63, 3.8) is 0 Å². The van der Waals surface area contributed by atoms with Crippen LogP contribution in [0.3, 0.4) is 0 Å². The third kappa shape index (κ3) is 3.37. The second-order valence-electron chi connectivity index (χ2n) is 4.05. The van der Waals surface area contributed by atoms with Gasteiger partial charge in [0.25, 0.3) is 0 Å². The van der Waals surface area contributed by atoms with Crippen molar-refractivity contribution < 1.29 is 10.0 Å². The van der Waals surface area contributed by atoms with Crippen LogP contribution < -0.4 is 10.6 Å². The van der Waals surface area contributed by atoms with Crippen LogP contribution in [0.4, 0.5) is 10.5 Å². The number of nitrogens with two attached hydrogens (primary N) is 1. The molecule has 1 rings (SSSR count). The molecule has 0 saturated heterocycles. The predicted molar refractivity (Wildman–Crippen MR) is 75.7 cm³/mol. The molecule has 0 aliphatic carbocycles. The van der Waals surface area contributed by atoms with Crippen LogP contribution >= 0.6 is 0 Å². The number of amides is 2. The number of urea groups is 1. The van der Waals surface area contributed by atoms with Gasteiger partial charge >= 0.3 is 6.03 Å². The Bertz CT molecular complexity index is 469. The number of amidine groups is 1. The molecule has 1 aromatic rings. The average molecular weight is 264 g/mol. The number of anilines is 1. The Morgan fingerprint density at radius 1 is 1.37 bits per heavy atom. The third-order valence-corrected chi connectivity index (χ3v) is 2.96. The van der Waals surface area contributed by atoms with Gasteiger partial charge in [-0.25, -0.2) is 4.79 Å². The number of hydrogen-bond acceptors (Lipinski definition) is 3. The van der Waals surface area contributed by atoms with Crippen molar-refractivity contribution in [2.45, 2.75) is 13.8 Å². The fraction of sp³-hybridized carbons (Fsp3) is 0.385. The molecule has 0 aromatic heterocycles. The topological polar surface area (TPSA) is 82.2 Å². The van der Waals surface area contributed by atoms with Crippen LogP contribution in [-0.4, -0.2) is 42.1 Å². The zero-order valence-electron chi connectivity index (χ0n) is 11.5. The van der Waals surface area contributed by atoms with Gasteiger partial charge in [-0.15, -0.1) is 0 Å². The van der Waals surface area contributed by atoms with Gasteiger partial charge < -0.3 is 15.8 Å². The van der Waals surface area contributed by atoms with E-state index in [1.807, 2.05) is 13.8 Å². The highest BCUT2D eigenvalue weighted by Crippen LogP contribution is 2.16. The maximum absolute atomic E-state index is 12.2. The van der Waals surface area contributed by atoms with E-state index >= 15 is 0 Å². The largest absolute Gasteiger partial charge is 0.409 e. The summed E-state index contributed by atoms with van der Waals surface area (Å²) >= 11 is 0. The molecular formula is C13H20N4O2. The molecule has 0 saturated carbocycles. The van der Waals surface area contributed by atoms with Gasteiger partial charge in [-0.1, -0.05) is 17.3 Å². The van der Waals surface area contributed by atoms with Gasteiger partial charge in [0.1, 0.15) is 0 Å². The number of oxime groups is 1. The first kappa shape index (κ1) is 14.8. The number of benzene rings is 1. The first-order valence-corrected chi connectivity index (χ1v) is 6.15. The van der Waals surface area contributed by atoms with E-state index in [0.717, 1.165) is 0 Å². The van der Waals surface area contributed by atoms with Crippen LogP contribution in [0.25, 0.3) is 0 Å². The number of carbonyl (C=O) groups is 1. The lowest BCUT2D eigenvalue weighted by molar-refractivity contribution is 0.211. The van der Waals surface area contributed by atoms with Crippen molar-refractivity contribution in [3.8, 4) is 0 Å². The highest BCUT2D eigenvalue weighted by Gasteiger charge is 2.16. The van der Waals surface area contributed by atoms with E-state index in [1.165, 1.54) is 0 Å². The number of rotatable bonds is 4. The molecule has 0 spiro atoms. The number of nitrogens with zero attached hydrogens (tertiary/aromatic N) is 3. The van der Waals surface area contributed by atoms with Crippen LogP contribution in [0.2, 0.25) is 0 Å². The Hall–Kier alpha value is -2.24. The summed E-state index contributed by atoms with van der Waals surface area (Å²) in [5, 5.41) is 11.6. The van der Waals surface area contributed by atoms with Crippen molar-refractivity contribution in [1.29, 1.82) is 0 Å². The van der Waals surface area contributed by atoms with Crippen molar-refractivity contribution in [2.75, 3.05) is 25.0 Å². The molecular weight excluding hydrogens is 244 g/mol. The zero-order chi connectivity index (χ0) is 14.4. The van der Waals surface area contributed by atoms with Crippen molar-refractivity contribution >= 4 is 17.6 Å². The Labute approximate surface area is 113 Å². The van der Waals surface area contributed by atoms with Crippen LogP contribution in [-0.2, 0) is 0 Å². The quantitative estimate of drug-likeness (QED) is 0.375. The monoisotopic (exact) mass is 264 g/mol. The molecule has 0 aliphatic rings. The van der Waals surface area contributed by atoms with Gasteiger partial charge in [0.2, 0.25) is 0 Å². The molecule has 0 heterocycles. The number of carbonyl (C=O) groups excluding carboxylic acids is 1. The van der Waals surface area contributed by atoms with Gasteiger partial charge in [-0.05, 0) is 26.0 Å². The molecule has 6 nitrogen and oxygen atoms in total. The molecule has 2 amide bonds. The Kier molecular flexibility index (Phi) is 5.17. The standard InChI is InChI=1S/C13H20N4O2/c1-4-17(5-2)13(18)16(3)11-8-6-7-10(9-11)12(14)15-19/h6-9,19H,4-5H2,1-3H3,(H2,14,15). The maximum Gasteiger partial charge on any atom is 0.324 e. The van der Waals surface area contributed by atoms with Gasteiger partial charge in [-0.2, -0.15) is 0 Å². The van der Waals surface area contributed by atoms with Crippen molar-refractivity contribution in [3.05, 3.63) is 29.8 Å². The van der Waals surface area contributed by atoms with Gasteiger partial charge in [0, 0.05) is 31.4 Å². The van der Waals surface area contributed by atoms with E-state index in [1.54, 1.807) is 41.1 Å². The minimum Gasteiger partial charge on any atom is -0.409 e. The van der Waals surface area contributed by atoms with E-state index in [-0.39, 0.29) is 11.9 Å². The molecule has 0 radical (unpaired) electrons. The third-order valence-electron chi connectivity index (χ3n) is 2.96. The molecule has 0 unspecified atom stereocenters. The van der Waals surface area contributed by atoms with E-state index < -0.39 is 0 Å². The summed E-state index contributed by atoms with van der Waals surface area (Å²) in [4.78, 5) is 15.5. The first-order valence-electron chi connectivity index (χ1n) is 6.15. The van der Waals surface area contributed by atoms with Gasteiger partial charge in [0.15, 0.2) is 5.84 Å². The summed E-state index contributed by atoms with van der Waals surface area (Å²) in [5.41, 5.74) is 6.80. The lowest BCUT2D eigenvalue weighted by Gasteiger charge is -2.26. The second-order valence-corrected chi connectivity index (χ2v) is 4.05. The molecule has 3 N–H and O–H groups in total. The van der Waals surface area contributed by atoms with Crippen LogP contribution in [0.1, 0.15) is 19.4 Å². The smallest absolute Gasteiger partial charge is 0.324 e. The maximum atomic E-state index is 12.2. The molecule has 0 aliphatic heterocycles. The Morgan fingerprint density at radius 3 is 2.53 bits per heavy atom. The second kappa shape index (κ2) is 6.63. The SMILES string of the molecule is CCN(CC)C(=O)N(C)c1cccc(C(N)=NO)c1. The molecule has 0 fully saturated rings. The fourth-order valence-electron chi connectivity index (χ4n) is 1.75. The molecule has 0 atom stereocenters. The van der Waals surface area contributed by atoms with Crippen LogP contribution in [0, 0.1) is 0 Å². The number of hydrogen-bond donors (Lipinski definition) is 2. The van der Waals surface area contributed by atoms with Crippen molar-refractivity contribution in [2.24, 2.45) is 10.9 Å². The van der Waals surface area contributed by atoms with E-state index in [9.17, 15) is 4.79 Å². The summed E-state index contributed by atoms with van der Waals surface area (Å²) in [6, 6.07) is 6.90. The normalized spacial score (nSPS) is 11.2. The summed E-state index contributed by atoms with van der Waals surface area (Å²) in [6.45, 7) is 5.17. The van der Waals surface area contributed by atoms with Gasteiger partial charge in [-0.3, -0.25) is 4.90 Å². The summed E-state index contributed by atoms with van der Waals surface area (Å²) in [6.07, 6.45) is 0. The Balaban J connectivity index is 3.00. The minimum absolute atomic E-state index is 0.0190. The van der Waals surface area contributed by atoms with Crippen LogP contribution in [0.5, 0.6) is 0 Å². The molecule has 1 aromatic carbocycles. The Morgan fingerprint density at radius 2 is 2.00 bits per heavy atom. The van der Waals surface area contributed by atoms with E-state index in [2.05, 4.69) is 5.16 Å². The first-order chi connectivity index (χ1) is 9.04. The summed E-state index contributed by atoms with van der Waals surface area (Å²) in [5.74, 6) is 0.0190. The molecule has 6 heteroatoms. The van der Waals surface area contributed by atoms with Crippen molar-refractivity contribution in [1.82, 2.24) is 4.90 Å². The predicted octanol–water partition coefficient (Wildman–Crippen LogP) is 1.68. The van der Waals surface area contributed by atoms with Gasteiger partial charge in [0.05, 0.1) is 0 Å². The summed E-state index contributed by atoms with van der Waals surface area (Å²) in [7, 11) is 1.70. The fourth-order valence-corrected chi connectivity index (χ4v) is 1.75. The zero-order valence-corrected chi connectivity index (χ0v) is 11.5. The average Bonchev–Trinajstić information content (AvgIpc) is 2.46. The highest BCUT2D eigenvalue weighted by atomic mass is 16.4. The van der Waals surface area contributed by atoms with Crippen LogP contribution in [0.15, 0.2) is 29.4 Å². The van der Waals surface area contributed by atoms with E-state index in [0.29, 0.717) is 24.3 Å².